The van der Waals surface area contributed by atoms with E-state index < -0.39 is 15.9 Å². The highest BCUT2D eigenvalue weighted by Gasteiger charge is 2.25. The number of hydrogen-bond donors (Lipinski definition) is 1. The van der Waals surface area contributed by atoms with Crippen LogP contribution in [0.3, 0.4) is 0 Å². The van der Waals surface area contributed by atoms with Gasteiger partial charge in [-0.05, 0) is 30.5 Å². The average Bonchev–Trinajstić information content (AvgIpc) is 2.96. The maximum absolute atomic E-state index is 12.4. The fraction of sp³-hybridized carbons (Fsp3) is 0.286. The first-order valence-electron chi connectivity index (χ1n) is 6.70. The first-order chi connectivity index (χ1) is 11.0. The predicted molar refractivity (Wildman–Crippen MR) is 85.1 cm³/mol. The standard InChI is InChI=1S/C14H16N2O5S2/c1-3-21-14-12(5-4-7-15-14)23(18,19)16-13(17)10-6-8-22-11(10)9-20-2/h4-8H,3,9H2,1-2H3,(H,16,17). The molecule has 2 aromatic heterocycles. The number of rotatable bonds is 7. The van der Waals surface area contributed by atoms with Crippen molar-refractivity contribution in [3.8, 4) is 5.88 Å². The largest absolute Gasteiger partial charge is 0.477 e. The Morgan fingerprint density at radius 1 is 1.39 bits per heavy atom. The second-order valence-corrected chi connectivity index (χ2v) is 7.02. The van der Waals surface area contributed by atoms with Gasteiger partial charge in [0.1, 0.15) is 4.90 Å². The molecule has 23 heavy (non-hydrogen) atoms. The molecule has 2 heterocycles. The molecule has 1 amide bonds. The molecule has 0 unspecified atom stereocenters. The highest BCUT2D eigenvalue weighted by Crippen LogP contribution is 2.22. The van der Waals surface area contributed by atoms with Gasteiger partial charge in [-0.2, -0.15) is 0 Å². The van der Waals surface area contributed by atoms with Crippen molar-refractivity contribution >= 4 is 27.3 Å². The summed E-state index contributed by atoms with van der Waals surface area (Å²) in [5.74, 6) is -0.762. The molecule has 0 spiro atoms. The van der Waals surface area contributed by atoms with E-state index in [1.807, 2.05) is 4.72 Å². The molecule has 9 heteroatoms. The van der Waals surface area contributed by atoms with Crippen molar-refractivity contribution in [2.45, 2.75) is 18.4 Å². The lowest BCUT2D eigenvalue weighted by atomic mass is 10.2. The average molecular weight is 356 g/mol. The molecule has 0 bridgehead atoms. The zero-order valence-corrected chi connectivity index (χ0v) is 14.2. The van der Waals surface area contributed by atoms with Crippen LogP contribution in [0.15, 0.2) is 34.7 Å². The van der Waals surface area contributed by atoms with Gasteiger partial charge < -0.3 is 9.47 Å². The van der Waals surface area contributed by atoms with Crippen molar-refractivity contribution in [3.63, 3.8) is 0 Å². The molecule has 0 radical (unpaired) electrons. The monoisotopic (exact) mass is 356 g/mol. The smallest absolute Gasteiger partial charge is 0.269 e. The number of amides is 1. The van der Waals surface area contributed by atoms with E-state index in [2.05, 4.69) is 4.98 Å². The molecule has 0 aliphatic heterocycles. The first kappa shape index (κ1) is 17.4. The van der Waals surface area contributed by atoms with Gasteiger partial charge in [-0.25, -0.2) is 18.1 Å². The summed E-state index contributed by atoms with van der Waals surface area (Å²) < 4.78 is 37.1. The second-order valence-electron chi connectivity index (χ2n) is 4.36. The second kappa shape index (κ2) is 7.53. The van der Waals surface area contributed by atoms with E-state index in [9.17, 15) is 13.2 Å². The van der Waals surface area contributed by atoms with E-state index in [1.165, 1.54) is 36.8 Å². The number of ether oxygens (including phenoxy) is 2. The third kappa shape index (κ3) is 4.06. The van der Waals surface area contributed by atoms with Gasteiger partial charge in [0.25, 0.3) is 15.9 Å². The van der Waals surface area contributed by atoms with Crippen molar-refractivity contribution in [1.82, 2.24) is 9.71 Å². The Morgan fingerprint density at radius 2 is 2.17 bits per heavy atom. The summed E-state index contributed by atoms with van der Waals surface area (Å²) in [6.07, 6.45) is 1.42. The molecule has 0 aliphatic carbocycles. The van der Waals surface area contributed by atoms with Gasteiger partial charge in [-0.3, -0.25) is 4.79 Å². The summed E-state index contributed by atoms with van der Waals surface area (Å²) in [7, 11) is -2.59. The number of thiophene rings is 1. The van der Waals surface area contributed by atoms with Crippen molar-refractivity contribution in [2.24, 2.45) is 0 Å². The van der Waals surface area contributed by atoms with Crippen LogP contribution >= 0.6 is 11.3 Å². The lowest BCUT2D eigenvalue weighted by Gasteiger charge is -2.10. The molecule has 7 nitrogen and oxygen atoms in total. The SMILES string of the molecule is CCOc1ncccc1S(=O)(=O)NC(=O)c1ccsc1COC. The number of nitrogens with one attached hydrogen (secondary N) is 1. The number of carbonyl (C=O) groups excluding carboxylic acids is 1. The van der Waals surface area contributed by atoms with Crippen LogP contribution in [-0.2, 0) is 21.4 Å². The normalized spacial score (nSPS) is 11.2. The van der Waals surface area contributed by atoms with E-state index in [0.29, 0.717) is 4.88 Å². The van der Waals surface area contributed by atoms with Crippen molar-refractivity contribution in [2.75, 3.05) is 13.7 Å². The van der Waals surface area contributed by atoms with Gasteiger partial charge in [0.05, 0.1) is 18.8 Å². The predicted octanol–water partition coefficient (Wildman–Crippen LogP) is 1.81. The number of pyridine rings is 1. The fourth-order valence-corrected chi connectivity index (χ4v) is 3.75. The number of sulfonamides is 1. The van der Waals surface area contributed by atoms with Crippen molar-refractivity contribution in [1.29, 1.82) is 0 Å². The molecule has 0 atom stereocenters. The quantitative estimate of drug-likeness (QED) is 0.813. The van der Waals surface area contributed by atoms with Crippen LogP contribution in [0.1, 0.15) is 22.2 Å². The molecule has 0 saturated carbocycles. The number of hydrogen-bond acceptors (Lipinski definition) is 7. The molecular weight excluding hydrogens is 340 g/mol. The van der Waals surface area contributed by atoms with Crippen molar-refractivity contribution in [3.05, 3.63) is 40.2 Å². The summed E-state index contributed by atoms with van der Waals surface area (Å²) in [4.78, 5) is 16.6. The summed E-state index contributed by atoms with van der Waals surface area (Å²) in [6.45, 7) is 2.21. The van der Waals surface area contributed by atoms with Gasteiger partial charge in [-0.15, -0.1) is 11.3 Å². The maximum Gasteiger partial charge on any atom is 0.269 e. The lowest BCUT2D eigenvalue weighted by Crippen LogP contribution is -2.31. The van der Waals surface area contributed by atoms with E-state index >= 15 is 0 Å². The van der Waals surface area contributed by atoms with Crippen LogP contribution < -0.4 is 9.46 Å². The summed E-state index contributed by atoms with van der Waals surface area (Å²) >= 11 is 1.32. The maximum atomic E-state index is 12.4. The minimum Gasteiger partial charge on any atom is -0.477 e. The Morgan fingerprint density at radius 3 is 2.87 bits per heavy atom. The minimum absolute atomic E-state index is 0.0438. The molecule has 2 rings (SSSR count). The Labute approximate surface area is 138 Å². The van der Waals surface area contributed by atoms with Crippen LogP contribution in [-0.4, -0.2) is 33.0 Å². The Bertz CT molecular complexity index is 786. The highest BCUT2D eigenvalue weighted by atomic mass is 32.2. The van der Waals surface area contributed by atoms with Gasteiger partial charge in [0.15, 0.2) is 0 Å². The Kier molecular flexibility index (Phi) is 5.69. The van der Waals surface area contributed by atoms with E-state index in [4.69, 9.17) is 9.47 Å². The molecule has 0 fully saturated rings. The van der Waals surface area contributed by atoms with E-state index in [-0.39, 0.29) is 29.6 Å². The topological polar surface area (TPSA) is 94.6 Å². The highest BCUT2D eigenvalue weighted by molar-refractivity contribution is 7.90. The molecule has 124 valence electrons. The van der Waals surface area contributed by atoms with Gasteiger partial charge in [0.2, 0.25) is 5.88 Å². The molecule has 0 aromatic carbocycles. The Balaban J connectivity index is 2.28. The third-order valence-corrected chi connectivity index (χ3v) is 5.04. The summed E-state index contributed by atoms with van der Waals surface area (Å²) in [5.41, 5.74) is 0.266. The van der Waals surface area contributed by atoms with Gasteiger partial charge >= 0.3 is 0 Å². The summed E-state index contributed by atoms with van der Waals surface area (Å²) in [6, 6.07) is 4.34. The molecule has 1 N–H and O–H groups in total. The van der Waals surface area contributed by atoms with Gasteiger partial charge in [-0.1, -0.05) is 0 Å². The van der Waals surface area contributed by atoms with Crippen LogP contribution in [0.5, 0.6) is 5.88 Å². The number of carbonyl (C=O) groups is 1. The van der Waals surface area contributed by atoms with Crippen LogP contribution in [0.2, 0.25) is 0 Å². The zero-order chi connectivity index (χ0) is 16.9. The number of nitrogens with zero attached hydrogens (tertiary/aromatic N) is 1. The lowest BCUT2D eigenvalue weighted by molar-refractivity contribution is 0.0977. The summed E-state index contributed by atoms with van der Waals surface area (Å²) in [5, 5.41) is 1.70. The zero-order valence-electron chi connectivity index (χ0n) is 12.6. The molecule has 2 aromatic rings. The van der Waals surface area contributed by atoms with Gasteiger partial charge in [0, 0.05) is 18.2 Å². The van der Waals surface area contributed by atoms with E-state index in [1.54, 1.807) is 18.4 Å². The van der Waals surface area contributed by atoms with Crippen LogP contribution in [0, 0.1) is 0 Å². The number of aromatic nitrogens is 1. The van der Waals surface area contributed by atoms with Crippen molar-refractivity contribution < 1.29 is 22.7 Å². The van der Waals surface area contributed by atoms with Crippen LogP contribution in [0.4, 0.5) is 0 Å². The fourth-order valence-electron chi connectivity index (χ4n) is 1.84. The number of methoxy groups -OCH3 is 1. The molecule has 0 aliphatic rings. The van der Waals surface area contributed by atoms with E-state index in [0.717, 1.165) is 0 Å². The van der Waals surface area contributed by atoms with Crippen LogP contribution in [0.25, 0.3) is 0 Å². The minimum atomic E-state index is -4.09. The molecular formula is C14H16N2O5S2. The third-order valence-electron chi connectivity index (χ3n) is 2.80. The Hall–Kier alpha value is -1.97. The first-order valence-corrected chi connectivity index (χ1v) is 9.06. The molecule has 0 saturated heterocycles.